The van der Waals surface area contributed by atoms with Gasteiger partial charge in [0.15, 0.2) is 5.11 Å². The Labute approximate surface area is 99.0 Å². The van der Waals surface area contributed by atoms with E-state index in [-0.39, 0.29) is 5.54 Å². The van der Waals surface area contributed by atoms with Crippen molar-refractivity contribution in [3.63, 3.8) is 0 Å². The van der Waals surface area contributed by atoms with Crippen LogP contribution in [-0.4, -0.2) is 30.4 Å². The van der Waals surface area contributed by atoms with Crippen LogP contribution in [0.15, 0.2) is 0 Å². The van der Waals surface area contributed by atoms with E-state index >= 15 is 0 Å². The molecule has 3 nitrogen and oxygen atoms in total. The third kappa shape index (κ3) is 8.63. The van der Waals surface area contributed by atoms with E-state index in [9.17, 15) is 0 Å². The van der Waals surface area contributed by atoms with E-state index in [0.717, 1.165) is 37.7 Å². The first-order valence-corrected chi connectivity index (χ1v) is 6.06. The molecule has 0 atom stereocenters. The zero-order chi connectivity index (χ0) is 11.7. The first-order valence-electron chi connectivity index (χ1n) is 5.65. The molecule has 0 aromatic carbocycles. The normalized spacial score (nSPS) is 11.2. The summed E-state index contributed by atoms with van der Waals surface area (Å²) in [6, 6.07) is 0. The lowest BCUT2D eigenvalue weighted by Gasteiger charge is -2.26. The summed E-state index contributed by atoms with van der Waals surface area (Å²) in [4.78, 5) is 0. The fourth-order valence-electron chi connectivity index (χ4n) is 0.960. The van der Waals surface area contributed by atoms with Gasteiger partial charge in [-0.15, -0.1) is 0 Å². The maximum absolute atomic E-state index is 5.23. The van der Waals surface area contributed by atoms with Crippen molar-refractivity contribution in [1.82, 2.24) is 10.6 Å². The molecule has 0 radical (unpaired) electrons. The molecule has 0 aliphatic carbocycles. The van der Waals surface area contributed by atoms with E-state index in [1.54, 1.807) is 0 Å². The first kappa shape index (κ1) is 14.6. The highest BCUT2D eigenvalue weighted by molar-refractivity contribution is 7.80. The van der Waals surface area contributed by atoms with E-state index in [2.05, 4.69) is 31.4 Å². The van der Waals surface area contributed by atoms with Gasteiger partial charge >= 0.3 is 0 Å². The SMILES string of the molecule is CCOCCCNC(=S)NC(C)(C)CC. The fourth-order valence-corrected chi connectivity index (χ4v) is 1.34. The molecule has 0 fully saturated rings. The minimum atomic E-state index is 0.0734. The van der Waals surface area contributed by atoms with Gasteiger partial charge in [-0.3, -0.25) is 0 Å². The van der Waals surface area contributed by atoms with E-state index in [0.29, 0.717) is 0 Å². The van der Waals surface area contributed by atoms with Crippen LogP contribution >= 0.6 is 12.2 Å². The van der Waals surface area contributed by atoms with Crippen LogP contribution in [0, 0.1) is 0 Å². The average molecular weight is 232 g/mol. The molecule has 0 aromatic heterocycles. The number of rotatable bonds is 7. The molecular weight excluding hydrogens is 208 g/mol. The molecule has 0 bridgehead atoms. The summed E-state index contributed by atoms with van der Waals surface area (Å²) in [6.07, 6.45) is 2.04. The van der Waals surface area contributed by atoms with Gasteiger partial charge in [-0.1, -0.05) is 6.92 Å². The Kier molecular flexibility index (Phi) is 7.70. The highest BCUT2D eigenvalue weighted by Gasteiger charge is 2.14. The molecule has 0 saturated carbocycles. The number of hydrogen-bond donors (Lipinski definition) is 2. The monoisotopic (exact) mass is 232 g/mol. The summed E-state index contributed by atoms with van der Waals surface area (Å²) in [6.45, 7) is 10.9. The second-order valence-electron chi connectivity index (χ2n) is 4.17. The van der Waals surface area contributed by atoms with Crippen molar-refractivity contribution >= 4 is 17.3 Å². The molecule has 0 rings (SSSR count). The second-order valence-corrected chi connectivity index (χ2v) is 4.58. The Morgan fingerprint density at radius 1 is 1.33 bits per heavy atom. The number of ether oxygens (including phenoxy) is 1. The third-order valence-corrected chi connectivity index (χ3v) is 2.54. The quantitative estimate of drug-likeness (QED) is 0.520. The molecule has 15 heavy (non-hydrogen) atoms. The summed E-state index contributed by atoms with van der Waals surface area (Å²) in [5.41, 5.74) is 0.0734. The molecule has 0 heterocycles. The van der Waals surface area contributed by atoms with Crippen molar-refractivity contribution in [3.8, 4) is 0 Å². The van der Waals surface area contributed by atoms with Gasteiger partial charge in [0.2, 0.25) is 0 Å². The third-order valence-electron chi connectivity index (χ3n) is 2.29. The molecule has 0 aliphatic rings. The zero-order valence-corrected chi connectivity index (χ0v) is 11.2. The molecule has 4 heteroatoms. The fraction of sp³-hybridized carbons (Fsp3) is 0.909. The number of nitrogens with one attached hydrogen (secondary N) is 2. The van der Waals surface area contributed by atoms with Crippen molar-refractivity contribution in [2.24, 2.45) is 0 Å². The lowest BCUT2D eigenvalue weighted by Crippen LogP contribution is -2.48. The van der Waals surface area contributed by atoms with Crippen molar-refractivity contribution in [2.45, 2.75) is 46.1 Å². The Morgan fingerprint density at radius 3 is 2.53 bits per heavy atom. The van der Waals surface area contributed by atoms with Crippen LogP contribution in [-0.2, 0) is 4.74 Å². The second kappa shape index (κ2) is 7.88. The lowest BCUT2D eigenvalue weighted by atomic mass is 10.0. The van der Waals surface area contributed by atoms with Gasteiger partial charge in [0.05, 0.1) is 0 Å². The molecular formula is C11H24N2OS. The molecule has 0 saturated heterocycles. The van der Waals surface area contributed by atoms with Crippen LogP contribution in [0.2, 0.25) is 0 Å². The summed E-state index contributed by atoms with van der Waals surface area (Å²) in [5.74, 6) is 0. The van der Waals surface area contributed by atoms with Crippen LogP contribution in [0.4, 0.5) is 0 Å². The predicted octanol–water partition coefficient (Wildman–Crippen LogP) is 2.07. The summed E-state index contributed by atoms with van der Waals surface area (Å²) >= 11 is 5.18. The smallest absolute Gasteiger partial charge is 0.166 e. The topological polar surface area (TPSA) is 33.3 Å². The van der Waals surface area contributed by atoms with Gasteiger partial charge in [0.25, 0.3) is 0 Å². The molecule has 2 N–H and O–H groups in total. The first-order chi connectivity index (χ1) is 7.02. The Morgan fingerprint density at radius 2 is 2.00 bits per heavy atom. The maximum atomic E-state index is 5.23. The zero-order valence-electron chi connectivity index (χ0n) is 10.4. The van der Waals surface area contributed by atoms with Crippen molar-refractivity contribution in [2.75, 3.05) is 19.8 Å². The van der Waals surface area contributed by atoms with Gasteiger partial charge in [-0.2, -0.15) is 0 Å². The van der Waals surface area contributed by atoms with Crippen LogP contribution in [0.1, 0.15) is 40.5 Å². The van der Waals surface area contributed by atoms with Crippen LogP contribution in [0.3, 0.4) is 0 Å². The average Bonchev–Trinajstić information content (AvgIpc) is 2.17. The standard InChI is InChI=1S/C11H24N2OS/c1-5-11(3,4)13-10(15)12-8-7-9-14-6-2/h5-9H2,1-4H3,(H2,12,13,15). The van der Waals surface area contributed by atoms with Gasteiger partial charge < -0.3 is 15.4 Å². The molecule has 0 spiro atoms. The van der Waals surface area contributed by atoms with Crippen molar-refractivity contribution in [1.29, 1.82) is 0 Å². The molecule has 90 valence electrons. The summed E-state index contributed by atoms with van der Waals surface area (Å²) in [5, 5.41) is 7.18. The van der Waals surface area contributed by atoms with Crippen molar-refractivity contribution < 1.29 is 4.74 Å². The summed E-state index contributed by atoms with van der Waals surface area (Å²) < 4.78 is 5.23. The van der Waals surface area contributed by atoms with Gasteiger partial charge in [-0.25, -0.2) is 0 Å². The van der Waals surface area contributed by atoms with E-state index in [4.69, 9.17) is 17.0 Å². The predicted molar refractivity (Wildman–Crippen MR) is 69.2 cm³/mol. The minimum absolute atomic E-state index is 0.0734. The Hall–Kier alpha value is -0.350. The van der Waals surface area contributed by atoms with E-state index in [1.165, 1.54) is 0 Å². The number of hydrogen-bond acceptors (Lipinski definition) is 2. The lowest BCUT2D eigenvalue weighted by molar-refractivity contribution is 0.145. The van der Waals surface area contributed by atoms with Crippen molar-refractivity contribution in [3.05, 3.63) is 0 Å². The number of thiocarbonyl (C=S) groups is 1. The molecule has 0 unspecified atom stereocenters. The minimum Gasteiger partial charge on any atom is -0.382 e. The van der Waals surface area contributed by atoms with E-state index < -0.39 is 0 Å². The highest BCUT2D eigenvalue weighted by Crippen LogP contribution is 2.05. The molecule has 0 amide bonds. The van der Waals surface area contributed by atoms with Gasteiger partial charge in [0, 0.05) is 25.3 Å². The van der Waals surface area contributed by atoms with Gasteiger partial charge in [-0.05, 0) is 45.8 Å². The van der Waals surface area contributed by atoms with Crippen LogP contribution < -0.4 is 10.6 Å². The van der Waals surface area contributed by atoms with Crippen LogP contribution in [0.25, 0.3) is 0 Å². The Bertz CT molecular complexity index is 183. The van der Waals surface area contributed by atoms with Gasteiger partial charge in [0.1, 0.15) is 0 Å². The summed E-state index contributed by atoms with van der Waals surface area (Å²) in [7, 11) is 0. The maximum Gasteiger partial charge on any atom is 0.166 e. The highest BCUT2D eigenvalue weighted by atomic mass is 32.1. The Balaban J connectivity index is 3.49. The molecule has 0 aliphatic heterocycles. The van der Waals surface area contributed by atoms with Crippen LogP contribution in [0.5, 0.6) is 0 Å². The van der Waals surface area contributed by atoms with E-state index in [1.807, 2.05) is 6.92 Å². The largest absolute Gasteiger partial charge is 0.382 e. The molecule has 0 aromatic rings.